The van der Waals surface area contributed by atoms with Crippen molar-refractivity contribution >= 4 is 23.6 Å². The molecule has 2 aromatic heterocycles. The summed E-state index contributed by atoms with van der Waals surface area (Å²) in [5.41, 5.74) is 4.08. The van der Waals surface area contributed by atoms with Crippen LogP contribution >= 0.6 is 11.8 Å². The van der Waals surface area contributed by atoms with E-state index in [0.29, 0.717) is 12.3 Å². The number of benzene rings is 1. The molecule has 35 heavy (non-hydrogen) atoms. The fourth-order valence-corrected chi connectivity index (χ4v) is 4.60. The van der Waals surface area contributed by atoms with Gasteiger partial charge in [-0.2, -0.15) is 23.4 Å². The molecule has 1 amide bonds. The van der Waals surface area contributed by atoms with Crippen molar-refractivity contribution in [2.24, 2.45) is 0 Å². The van der Waals surface area contributed by atoms with E-state index in [9.17, 15) is 18.0 Å². The van der Waals surface area contributed by atoms with Crippen LogP contribution in [0.1, 0.15) is 23.0 Å². The number of aromatic amines is 1. The highest BCUT2D eigenvalue weighted by Crippen LogP contribution is 2.29. The molecule has 188 valence electrons. The summed E-state index contributed by atoms with van der Waals surface area (Å²) in [6, 6.07) is 10.1. The van der Waals surface area contributed by atoms with Gasteiger partial charge in [-0.05, 0) is 26.0 Å². The van der Waals surface area contributed by atoms with Crippen molar-refractivity contribution in [3.63, 3.8) is 0 Å². The first kappa shape index (κ1) is 26.3. The number of halogens is 3. The smallest absolute Gasteiger partial charge is 0.475 e. The van der Waals surface area contributed by atoms with E-state index in [1.54, 1.807) is 18.0 Å². The second-order valence-electron chi connectivity index (χ2n) is 7.68. The number of piperazine rings is 1. The zero-order valence-electron chi connectivity index (χ0n) is 19.0. The lowest BCUT2D eigenvalue weighted by Crippen LogP contribution is -2.49. The Morgan fingerprint density at radius 2 is 1.91 bits per heavy atom. The first-order valence-corrected chi connectivity index (χ1v) is 11.6. The number of nitrogens with zero attached hydrogens (tertiary/aromatic N) is 4. The van der Waals surface area contributed by atoms with Gasteiger partial charge in [-0.15, -0.1) is 11.8 Å². The van der Waals surface area contributed by atoms with Gasteiger partial charge in [0.15, 0.2) is 0 Å². The predicted molar refractivity (Wildman–Crippen MR) is 123 cm³/mol. The fourth-order valence-electron chi connectivity index (χ4n) is 3.62. The third-order valence-corrected chi connectivity index (χ3v) is 6.55. The number of carbonyl (C=O) groups is 2. The maximum absolute atomic E-state index is 13.0. The van der Waals surface area contributed by atoms with E-state index in [1.807, 2.05) is 53.0 Å². The predicted octanol–water partition coefficient (Wildman–Crippen LogP) is 3.11. The molecule has 1 fully saturated rings. The quantitative estimate of drug-likeness (QED) is 0.452. The van der Waals surface area contributed by atoms with Gasteiger partial charge in [0.1, 0.15) is 0 Å². The number of hydrogen-bond donors (Lipinski definition) is 3. The molecule has 3 heterocycles. The third-order valence-electron chi connectivity index (χ3n) is 5.28. The minimum atomic E-state index is -5.08. The average molecular weight is 511 g/mol. The minimum absolute atomic E-state index is 0.0230. The Morgan fingerprint density at radius 1 is 1.23 bits per heavy atom. The van der Waals surface area contributed by atoms with Crippen LogP contribution in [0.5, 0.6) is 0 Å². The van der Waals surface area contributed by atoms with E-state index in [2.05, 4.69) is 27.5 Å². The molecule has 13 heteroatoms. The van der Waals surface area contributed by atoms with Gasteiger partial charge >= 0.3 is 12.1 Å². The number of thioether (sulfide) groups is 1. The van der Waals surface area contributed by atoms with E-state index in [0.717, 1.165) is 40.6 Å². The highest BCUT2D eigenvalue weighted by molar-refractivity contribution is 8.00. The molecule has 1 aliphatic heterocycles. The van der Waals surface area contributed by atoms with Gasteiger partial charge in [-0.25, -0.2) is 9.48 Å². The summed E-state index contributed by atoms with van der Waals surface area (Å²) < 4.78 is 33.7. The molecule has 4 rings (SSSR count). The van der Waals surface area contributed by atoms with Crippen LogP contribution in [0.25, 0.3) is 5.69 Å². The molecule has 1 atom stereocenters. The second kappa shape index (κ2) is 11.4. The Bertz CT molecular complexity index is 1140. The van der Waals surface area contributed by atoms with Crippen molar-refractivity contribution in [3.05, 3.63) is 59.7 Å². The number of aromatic nitrogens is 4. The number of hydrogen-bond acceptors (Lipinski definition) is 6. The molecule has 0 spiro atoms. The van der Waals surface area contributed by atoms with Gasteiger partial charge in [0, 0.05) is 31.4 Å². The van der Waals surface area contributed by atoms with Crippen LogP contribution in [0.4, 0.5) is 13.2 Å². The molecule has 1 unspecified atom stereocenters. The van der Waals surface area contributed by atoms with Crippen molar-refractivity contribution in [2.75, 3.05) is 25.4 Å². The highest BCUT2D eigenvalue weighted by atomic mass is 32.2. The Kier molecular flexibility index (Phi) is 8.57. The summed E-state index contributed by atoms with van der Waals surface area (Å²) in [5, 5.41) is 22.0. The maximum atomic E-state index is 13.0. The van der Waals surface area contributed by atoms with Crippen molar-refractivity contribution in [1.82, 2.24) is 30.2 Å². The highest BCUT2D eigenvalue weighted by Gasteiger charge is 2.38. The number of H-pyrrole nitrogens is 1. The number of rotatable bonds is 5. The lowest BCUT2D eigenvalue weighted by atomic mass is 10.1. The van der Waals surface area contributed by atoms with Gasteiger partial charge < -0.3 is 15.3 Å². The number of carbonyl (C=O) groups excluding carboxylic acids is 1. The van der Waals surface area contributed by atoms with Gasteiger partial charge in [-0.1, -0.05) is 18.2 Å². The molecule has 1 aliphatic rings. The molecule has 3 N–H and O–H groups in total. The normalized spacial score (nSPS) is 15.9. The Hall–Kier alpha value is -3.32. The molecule has 1 aromatic carbocycles. The summed E-state index contributed by atoms with van der Waals surface area (Å²) in [6.07, 6.45) is -1.42. The Labute approximate surface area is 203 Å². The Morgan fingerprint density at radius 3 is 2.51 bits per heavy atom. The first-order valence-electron chi connectivity index (χ1n) is 10.6. The number of nitrogens with one attached hydrogen (secondary N) is 2. The van der Waals surface area contributed by atoms with E-state index < -0.39 is 12.1 Å². The van der Waals surface area contributed by atoms with Crippen molar-refractivity contribution in [3.8, 4) is 5.69 Å². The molecular weight excluding hydrogens is 485 g/mol. The zero-order chi connectivity index (χ0) is 25.6. The van der Waals surface area contributed by atoms with Crippen LogP contribution in [0.15, 0.2) is 47.6 Å². The van der Waals surface area contributed by atoms with Crippen molar-refractivity contribution < 1.29 is 27.9 Å². The van der Waals surface area contributed by atoms with Gasteiger partial charge in [-0.3, -0.25) is 9.89 Å². The van der Waals surface area contributed by atoms with Gasteiger partial charge in [0.05, 0.1) is 40.0 Å². The van der Waals surface area contributed by atoms with E-state index in [1.165, 1.54) is 0 Å². The summed E-state index contributed by atoms with van der Waals surface area (Å²) in [7, 11) is 0. The fraction of sp³-hybridized carbons (Fsp3) is 0.364. The molecular formula is C22H25F3N6O3S. The van der Waals surface area contributed by atoms with Gasteiger partial charge in [0.2, 0.25) is 5.91 Å². The van der Waals surface area contributed by atoms with Crippen molar-refractivity contribution in [1.29, 1.82) is 0 Å². The number of aryl methyl sites for hydroxylation is 1. The van der Waals surface area contributed by atoms with Crippen LogP contribution in [0.2, 0.25) is 0 Å². The van der Waals surface area contributed by atoms with Gasteiger partial charge in [0.25, 0.3) is 0 Å². The number of amides is 1. The molecule has 0 saturated carbocycles. The Balaban J connectivity index is 0.000000429. The lowest BCUT2D eigenvalue weighted by Gasteiger charge is -2.35. The number of para-hydroxylation sites is 1. The largest absolute Gasteiger partial charge is 0.490 e. The summed E-state index contributed by atoms with van der Waals surface area (Å²) in [4.78, 5) is 24.9. The monoisotopic (exact) mass is 510 g/mol. The number of alkyl halides is 3. The van der Waals surface area contributed by atoms with Crippen molar-refractivity contribution in [2.45, 2.75) is 31.0 Å². The van der Waals surface area contributed by atoms with E-state index in [-0.39, 0.29) is 11.9 Å². The molecule has 0 aliphatic carbocycles. The minimum Gasteiger partial charge on any atom is -0.475 e. The molecule has 0 bridgehead atoms. The zero-order valence-corrected chi connectivity index (χ0v) is 19.9. The second-order valence-corrected chi connectivity index (χ2v) is 8.66. The summed E-state index contributed by atoms with van der Waals surface area (Å²) >= 11 is 1.57. The number of carboxylic acid groups (broad SMARTS) is 1. The topological polar surface area (TPSA) is 116 Å². The van der Waals surface area contributed by atoms with Crippen LogP contribution in [0, 0.1) is 13.8 Å². The summed E-state index contributed by atoms with van der Waals surface area (Å²) in [5.74, 6) is -2.22. The van der Waals surface area contributed by atoms with Crippen LogP contribution < -0.4 is 5.32 Å². The third kappa shape index (κ3) is 6.63. The van der Waals surface area contributed by atoms with Crippen LogP contribution in [-0.2, 0) is 9.59 Å². The molecule has 0 radical (unpaired) electrons. The molecule has 9 nitrogen and oxygen atoms in total. The molecule has 3 aromatic rings. The summed E-state index contributed by atoms with van der Waals surface area (Å²) in [6.45, 7) is 6.32. The van der Waals surface area contributed by atoms with E-state index in [4.69, 9.17) is 9.90 Å². The number of carboxylic acids is 1. The van der Waals surface area contributed by atoms with Crippen LogP contribution in [-0.4, -0.2) is 73.4 Å². The SMILES string of the molecule is Cc1nn(-c2ccccc2)c(C)c1SCC(=O)N1CCNCC1c1cn[nH]c1.O=C(O)C(F)(F)F. The van der Waals surface area contributed by atoms with E-state index >= 15 is 0 Å². The number of aliphatic carboxylic acids is 1. The maximum Gasteiger partial charge on any atom is 0.490 e. The molecule has 1 saturated heterocycles. The standard InChI is InChI=1S/C20H24N6OS.C2HF3O2/c1-14-20(15(2)26(24-14)17-6-4-3-5-7-17)28-13-19(27)25-9-8-21-12-18(25)16-10-22-23-11-16;3-2(4,5)1(6)7/h3-7,10-11,18,21H,8-9,12-13H2,1-2H3,(H,22,23);(H,6,7). The average Bonchev–Trinajstić information content (AvgIpc) is 3.46. The van der Waals surface area contributed by atoms with Crippen LogP contribution in [0.3, 0.4) is 0 Å². The lowest BCUT2D eigenvalue weighted by molar-refractivity contribution is -0.192. The first-order chi connectivity index (χ1) is 16.6.